The number of halogens is 1. The van der Waals surface area contributed by atoms with Crippen molar-refractivity contribution in [3.8, 4) is 0 Å². The monoisotopic (exact) mass is 264 g/mol. The Morgan fingerprint density at radius 3 is 2.78 bits per heavy atom. The summed E-state index contributed by atoms with van der Waals surface area (Å²) in [6, 6.07) is 9.18. The lowest BCUT2D eigenvalue weighted by Crippen LogP contribution is -2.38. The Kier molecular flexibility index (Phi) is 3.16. The topological polar surface area (TPSA) is 24.8 Å². The van der Waals surface area contributed by atoms with E-state index in [0.717, 1.165) is 17.6 Å². The fourth-order valence-corrected chi connectivity index (χ4v) is 3.02. The van der Waals surface area contributed by atoms with Gasteiger partial charge in [0.2, 0.25) is 0 Å². The van der Waals surface area contributed by atoms with E-state index in [-0.39, 0.29) is 6.10 Å². The highest BCUT2D eigenvalue weighted by atomic mass is 35.5. The molecule has 2 saturated heterocycles. The van der Waals surface area contributed by atoms with Gasteiger partial charge in [-0.15, -0.1) is 0 Å². The molecule has 0 spiro atoms. The van der Waals surface area contributed by atoms with Gasteiger partial charge < -0.3 is 9.64 Å². The van der Waals surface area contributed by atoms with Gasteiger partial charge in [-0.1, -0.05) is 23.7 Å². The minimum Gasteiger partial charge on any atom is -0.455 e. The van der Waals surface area contributed by atoms with Crippen LogP contribution in [-0.4, -0.2) is 30.6 Å². The highest BCUT2D eigenvalue weighted by molar-refractivity contribution is 6.30. The van der Waals surface area contributed by atoms with Crippen LogP contribution in [0.1, 0.15) is 30.9 Å². The first-order valence-electron chi connectivity index (χ1n) is 6.45. The summed E-state index contributed by atoms with van der Waals surface area (Å²) in [4.78, 5) is 6.57. The average molecular weight is 265 g/mol. The molecule has 0 saturated carbocycles. The summed E-state index contributed by atoms with van der Waals surface area (Å²) in [6.45, 7) is 1.06. The molecule has 4 heteroatoms. The zero-order chi connectivity index (χ0) is 12.5. The number of ether oxygens (including phenoxy) is 1. The maximum atomic E-state index is 6.02. The lowest BCUT2D eigenvalue weighted by molar-refractivity contribution is 0.168. The number of fused-ring (bicyclic) bond motifs is 1. The number of hydrogen-bond acceptors (Lipinski definition) is 2. The van der Waals surface area contributed by atoms with Gasteiger partial charge in [-0.05, 0) is 37.0 Å². The first kappa shape index (κ1) is 11.8. The zero-order valence-corrected chi connectivity index (χ0v) is 11.2. The van der Waals surface area contributed by atoms with E-state index in [0.29, 0.717) is 6.04 Å². The third-order valence-corrected chi connectivity index (χ3v) is 4.02. The predicted octanol–water partition coefficient (Wildman–Crippen LogP) is 3.25. The van der Waals surface area contributed by atoms with Crippen LogP contribution in [0.2, 0.25) is 5.02 Å². The minimum atomic E-state index is 0.0984. The standard InChI is InChI=1S/C14H17ClN2O/c1-16-14-17-9-3-2-4-12(17)13(18-14)10-5-7-11(15)8-6-10/h5-8,12-13H,2-4,9H2,1H3/t12-,13-/m1/s1. The molecule has 0 bridgehead atoms. The van der Waals surface area contributed by atoms with Crippen LogP contribution < -0.4 is 0 Å². The van der Waals surface area contributed by atoms with Crippen LogP contribution >= 0.6 is 11.6 Å². The van der Waals surface area contributed by atoms with Crippen LogP contribution in [0.15, 0.2) is 29.3 Å². The number of amidine groups is 1. The summed E-state index contributed by atoms with van der Waals surface area (Å²) in [7, 11) is 1.80. The fourth-order valence-electron chi connectivity index (χ4n) is 2.89. The number of hydrogen-bond donors (Lipinski definition) is 0. The van der Waals surface area contributed by atoms with Gasteiger partial charge in [0.25, 0.3) is 6.02 Å². The SMILES string of the molecule is CN=C1O[C@H](c2ccc(Cl)cc2)[C@H]2CCCCN12. The molecule has 1 aromatic carbocycles. The second-order valence-electron chi connectivity index (χ2n) is 4.85. The van der Waals surface area contributed by atoms with Crippen molar-refractivity contribution < 1.29 is 4.74 Å². The number of benzene rings is 1. The molecular formula is C14H17ClN2O. The van der Waals surface area contributed by atoms with E-state index in [1.807, 2.05) is 12.1 Å². The van der Waals surface area contributed by atoms with Crippen molar-refractivity contribution in [3.63, 3.8) is 0 Å². The van der Waals surface area contributed by atoms with E-state index in [1.54, 1.807) is 7.05 Å². The Balaban J connectivity index is 1.90. The summed E-state index contributed by atoms with van der Waals surface area (Å²) in [5.74, 6) is 0. The molecule has 0 aromatic heterocycles. The maximum absolute atomic E-state index is 6.02. The van der Waals surface area contributed by atoms with Crippen LogP contribution in [0.3, 0.4) is 0 Å². The highest BCUT2D eigenvalue weighted by Crippen LogP contribution is 2.37. The smallest absolute Gasteiger partial charge is 0.288 e. The summed E-state index contributed by atoms with van der Waals surface area (Å²) < 4.78 is 6.02. The second kappa shape index (κ2) is 4.81. The van der Waals surface area contributed by atoms with Gasteiger partial charge in [0, 0.05) is 18.6 Å². The maximum Gasteiger partial charge on any atom is 0.288 e. The molecule has 0 N–H and O–H groups in total. The summed E-state index contributed by atoms with van der Waals surface area (Å²) in [5, 5.41) is 0.765. The Morgan fingerprint density at radius 1 is 1.28 bits per heavy atom. The van der Waals surface area contributed by atoms with Gasteiger partial charge in [-0.3, -0.25) is 0 Å². The van der Waals surface area contributed by atoms with Crippen molar-refractivity contribution in [1.29, 1.82) is 0 Å². The fraction of sp³-hybridized carbons (Fsp3) is 0.500. The second-order valence-corrected chi connectivity index (χ2v) is 5.29. The molecule has 0 amide bonds. The third-order valence-electron chi connectivity index (χ3n) is 3.77. The Morgan fingerprint density at radius 2 is 2.06 bits per heavy atom. The molecular weight excluding hydrogens is 248 g/mol. The third kappa shape index (κ3) is 1.97. The minimum absolute atomic E-state index is 0.0984. The first-order chi connectivity index (χ1) is 8.79. The quantitative estimate of drug-likeness (QED) is 0.778. The van der Waals surface area contributed by atoms with Crippen molar-refractivity contribution in [2.45, 2.75) is 31.4 Å². The lowest BCUT2D eigenvalue weighted by atomic mass is 9.94. The molecule has 2 atom stereocenters. The van der Waals surface area contributed by atoms with Crippen LogP contribution in [0.4, 0.5) is 0 Å². The van der Waals surface area contributed by atoms with Gasteiger partial charge in [0.05, 0.1) is 6.04 Å². The van der Waals surface area contributed by atoms with Crippen molar-refractivity contribution >= 4 is 17.6 Å². The highest BCUT2D eigenvalue weighted by Gasteiger charge is 2.41. The summed E-state index contributed by atoms with van der Waals surface area (Å²) in [5.41, 5.74) is 1.19. The molecule has 2 aliphatic rings. The number of nitrogens with zero attached hydrogens (tertiary/aromatic N) is 2. The molecule has 2 aliphatic heterocycles. The van der Waals surface area contributed by atoms with Crippen LogP contribution in [0.25, 0.3) is 0 Å². The van der Waals surface area contributed by atoms with E-state index in [4.69, 9.17) is 16.3 Å². The van der Waals surface area contributed by atoms with Crippen molar-refractivity contribution in [1.82, 2.24) is 4.90 Å². The van der Waals surface area contributed by atoms with E-state index in [9.17, 15) is 0 Å². The van der Waals surface area contributed by atoms with Crippen molar-refractivity contribution in [3.05, 3.63) is 34.9 Å². The van der Waals surface area contributed by atoms with E-state index < -0.39 is 0 Å². The molecule has 0 radical (unpaired) electrons. The predicted molar refractivity (Wildman–Crippen MR) is 73.0 cm³/mol. The molecule has 96 valence electrons. The van der Waals surface area contributed by atoms with Crippen LogP contribution in [0, 0.1) is 0 Å². The number of piperidine rings is 1. The van der Waals surface area contributed by atoms with E-state index >= 15 is 0 Å². The average Bonchev–Trinajstić information content (AvgIpc) is 2.79. The van der Waals surface area contributed by atoms with Crippen LogP contribution in [0.5, 0.6) is 0 Å². The largest absolute Gasteiger partial charge is 0.455 e. The van der Waals surface area contributed by atoms with Gasteiger partial charge in [0.1, 0.15) is 6.10 Å². The molecule has 1 aromatic rings. The zero-order valence-electron chi connectivity index (χ0n) is 10.5. The van der Waals surface area contributed by atoms with Gasteiger partial charge in [-0.25, -0.2) is 4.99 Å². The molecule has 2 fully saturated rings. The first-order valence-corrected chi connectivity index (χ1v) is 6.83. The Hall–Kier alpha value is -1.22. The molecule has 0 unspecified atom stereocenters. The van der Waals surface area contributed by atoms with Gasteiger partial charge in [-0.2, -0.15) is 0 Å². The van der Waals surface area contributed by atoms with Crippen LogP contribution in [-0.2, 0) is 4.74 Å². The number of rotatable bonds is 1. The summed E-state index contributed by atoms with van der Waals surface area (Å²) in [6.07, 6.45) is 3.77. The van der Waals surface area contributed by atoms with E-state index in [2.05, 4.69) is 22.0 Å². The molecule has 3 rings (SSSR count). The molecule has 0 aliphatic carbocycles. The lowest BCUT2D eigenvalue weighted by Gasteiger charge is -2.30. The normalized spacial score (nSPS) is 29.2. The van der Waals surface area contributed by atoms with Crippen molar-refractivity contribution in [2.75, 3.05) is 13.6 Å². The summed E-state index contributed by atoms with van der Waals surface area (Å²) >= 11 is 5.94. The van der Waals surface area contributed by atoms with Gasteiger partial charge in [0.15, 0.2) is 0 Å². The van der Waals surface area contributed by atoms with Gasteiger partial charge >= 0.3 is 0 Å². The number of aliphatic imine (C=N–C) groups is 1. The molecule has 2 heterocycles. The molecule has 18 heavy (non-hydrogen) atoms. The Bertz CT molecular complexity index is 457. The van der Waals surface area contributed by atoms with Crippen molar-refractivity contribution in [2.24, 2.45) is 4.99 Å². The Labute approximate surface area is 112 Å². The van der Waals surface area contributed by atoms with E-state index in [1.165, 1.54) is 24.8 Å². The molecule has 3 nitrogen and oxygen atoms in total.